The lowest BCUT2D eigenvalue weighted by molar-refractivity contribution is 0.102. The Morgan fingerprint density at radius 1 is 1.17 bits per heavy atom. The second-order valence-electron chi connectivity index (χ2n) is 4.93. The van der Waals surface area contributed by atoms with E-state index in [4.69, 9.17) is 0 Å². The van der Waals surface area contributed by atoms with Crippen LogP contribution in [0.15, 0.2) is 12.1 Å². The zero-order valence-electron chi connectivity index (χ0n) is 11.8. The number of thioether (sulfide) groups is 1. The van der Waals surface area contributed by atoms with E-state index in [0.29, 0.717) is 5.75 Å². The Morgan fingerprint density at radius 2 is 1.72 bits per heavy atom. The van der Waals surface area contributed by atoms with E-state index >= 15 is 0 Å². The van der Waals surface area contributed by atoms with Crippen LogP contribution in [-0.2, 0) is 0 Å². The van der Waals surface area contributed by atoms with Crippen LogP contribution < -0.4 is 0 Å². The molecule has 0 spiro atoms. The first-order valence-corrected chi connectivity index (χ1v) is 7.28. The molecule has 0 radical (unpaired) electrons. The van der Waals surface area contributed by atoms with Crippen molar-refractivity contribution in [1.29, 1.82) is 0 Å². The molecule has 0 aromatic heterocycles. The van der Waals surface area contributed by atoms with Gasteiger partial charge in [-0.15, -0.1) is 11.8 Å². The van der Waals surface area contributed by atoms with E-state index in [1.54, 1.807) is 6.92 Å². The van der Waals surface area contributed by atoms with Crippen LogP contribution in [0.1, 0.15) is 40.9 Å². The lowest BCUT2D eigenvalue weighted by Crippen LogP contribution is -2.18. The van der Waals surface area contributed by atoms with Crippen LogP contribution in [0.25, 0.3) is 0 Å². The van der Waals surface area contributed by atoms with Crippen LogP contribution in [0.2, 0.25) is 0 Å². The molecule has 3 heteroatoms. The van der Waals surface area contributed by atoms with Crippen molar-refractivity contribution in [3.05, 3.63) is 34.4 Å². The molecule has 0 fully saturated rings. The van der Waals surface area contributed by atoms with Gasteiger partial charge in [0.1, 0.15) is 0 Å². The Balaban J connectivity index is 2.76. The van der Waals surface area contributed by atoms with Crippen molar-refractivity contribution in [2.75, 3.05) is 5.75 Å². The van der Waals surface area contributed by atoms with Gasteiger partial charge < -0.3 is 5.11 Å². The van der Waals surface area contributed by atoms with Gasteiger partial charge in [0.15, 0.2) is 5.78 Å². The number of carbonyl (C=O) groups excluding carboxylic acids is 1. The molecule has 0 heterocycles. The lowest BCUT2D eigenvalue weighted by Gasteiger charge is -2.14. The van der Waals surface area contributed by atoms with Gasteiger partial charge >= 0.3 is 0 Å². The molecule has 18 heavy (non-hydrogen) atoms. The van der Waals surface area contributed by atoms with E-state index in [0.717, 1.165) is 16.7 Å². The third-order valence-corrected chi connectivity index (χ3v) is 4.65. The Bertz CT molecular complexity index is 438. The monoisotopic (exact) mass is 266 g/mol. The van der Waals surface area contributed by atoms with Gasteiger partial charge in [-0.2, -0.15) is 0 Å². The summed E-state index contributed by atoms with van der Waals surface area (Å²) in [6.07, 6.45) is -0.386. The Labute approximate surface area is 114 Å². The smallest absolute Gasteiger partial charge is 0.173 e. The maximum atomic E-state index is 12.2. The summed E-state index contributed by atoms with van der Waals surface area (Å²) in [7, 11) is 0. The molecule has 0 saturated heterocycles. The van der Waals surface area contributed by atoms with Crippen LogP contribution in [0.5, 0.6) is 0 Å². The number of rotatable bonds is 5. The van der Waals surface area contributed by atoms with E-state index in [2.05, 4.69) is 13.0 Å². The van der Waals surface area contributed by atoms with Crippen LogP contribution >= 0.6 is 11.8 Å². The number of carbonyl (C=O) groups is 1. The number of Topliss-reactive ketones (excluding diaryl/α,β-unsaturated/α-hetero) is 1. The first-order valence-electron chi connectivity index (χ1n) is 6.23. The number of hydrogen-bond acceptors (Lipinski definition) is 3. The van der Waals surface area contributed by atoms with Gasteiger partial charge in [0, 0.05) is 10.8 Å². The topological polar surface area (TPSA) is 37.3 Å². The number of aryl methyl sites for hydroxylation is 3. The average molecular weight is 266 g/mol. The molecule has 1 rings (SSSR count). The van der Waals surface area contributed by atoms with Gasteiger partial charge in [-0.05, 0) is 50.5 Å². The zero-order valence-corrected chi connectivity index (χ0v) is 12.6. The minimum absolute atomic E-state index is 0.0841. The molecule has 0 aliphatic carbocycles. The summed E-state index contributed by atoms with van der Waals surface area (Å²) in [6.45, 7) is 9.75. The first kappa shape index (κ1) is 15.3. The summed E-state index contributed by atoms with van der Waals surface area (Å²) in [5, 5.41) is 9.49. The summed E-state index contributed by atoms with van der Waals surface area (Å²) in [5.41, 5.74) is 4.21. The normalized spacial score (nSPS) is 14.3. The van der Waals surface area contributed by atoms with Crippen molar-refractivity contribution in [2.24, 2.45) is 0 Å². The fraction of sp³-hybridized carbons (Fsp3) is 0.533. The second-order valence-corrected chi connectivity index (χ2v) is 6.30. The molecule has 1 aromatic carbocycles. The highest BCUT2D eigenvalue weighted by molar-refractivity contribution is 8.00. The number of hydrogen-bond donors (Lipinski definition) is 1. The molecule has 100 valence electrons. The lowest BCUT2D eigenvalue weighted by atomic mass is 9.99. The molecule has 2 unspecified atom stereocenters. The van der Waals surface area contributed by atoms with E-state index in [9.17, 15) is 9.90 Å². The molecule has 0 aliphatic heterocycles. The number of aliphatic hydroxyl groups excluding tert-OH is 1. The Hall–Kier alpha value is -0.800. The summed E-state index contributed by atoms with van der Waals surface area (Å²) in [4.78, 5) is 12.2. The maximum Gasteiger partial charge on any atom is 0.173 e. The van der Waals surface area contributed by atoms with E-state index in [1.807, 2.05) is 26.8 Å². The number of aliphatic hydroxyl groups is 1. The van der Waals surface area contributed by atoms with Gasteiger partial charge in [-0.3, -0.25) is 4.79 Å². The standard InChI is InChI=1S/C15H22O2S/c1-9-6-11(3)14(7-10(9)2)15(17)8-18-13(5)12(4)16/h6-7,12-13,16H,8H2,1-5H3. The van der Waals surface area contributed by atoms with Crippen molar-refractivity contribution >= 4 is 17.5 Å². The molecule has 1 aromatic rings. The van der Waals surface area contributed by atoms with Crippen LogP contribution in [0.3, 0.4) is 0 Å². The summed E-state index contributed by atoms with van der Waals surface area (Å²) in [5.74, 6) is 0.572. The minimum Gasteiger partial charge on any atom is -0.392 e. The van der Waals surface area contributed by atoms with E-state index in [-0.39, 0.29) is 17.1 Å². The Kier molecular flexibility index (Phi) is 5.42. The van der Waals surface area contributed by atoms with Gasteiger partial charge in [0.2, 0.25) is 0 Å². The Morgan fingerprint density at radius 3 is 2.28 bits per heavy atom. The largest absolute Gasteiger partial charge is 0.392 e. The summed E-state index contributed by atoms with van der Waals surface area (Å²) < 4.78 is 0. The first-order chi connectivity index (χ1) is 8.32. The molecule has 0 bridgehead atoms. The SMILES string of the molecule is Cc1cc(C)c(C(=O)CSC(C)C(C)O)cc1C. The molecule has 1 N–H and O–H groups in total. The second kappa shape index (κ2) is 6.39. The van der Waals surface area contributed by atoms with Gasteiger partial charge in [0.05, 0.1) is 11.9 Å². The van der Waals surface area contributed by atoms with Crippen molar-refractivity contribution in [2.45, 2.75) is 46.0 Å². The fourth-order valence-electron chi connectivity index (χ4n) is 1.69. The number of benzene rings is 1. The van der Waals surface area contributed by atoms with Crippen LogP contribution in [0.4, 0.5) is 0 Å². The van der Waals surface area contributed by atoms with E-state index < -0.39 is 0 Å². The van der Waals surface area contributed by atoms with Crippen molar-refractivity contribution < 1.29 is 9.90 Å². The zero-order chi connectivity index (χ0) is 13.9. The molecular formula is C15H22O2S. The predicted molar refractivity (Wildman–Crippen MR) is 78.6 cm³/mol. The van der Waals surface area contributed by atoms with Crippen LogP contribution in [0, 0.1) is 20.8 Å². The van der Waals surface area contributed by atoms with Crippen molar-refractivity contribution in [1.82, 2.24) is 0 Å². The van der Waals surface area contributed by atoms with E-state index in [1.165, 1.54) is 17.3 Å². The number of ketones is 1. The highest BCUT2D eigenvalue weighted by Crippen LogP contribution is 2.20. The molecule has 2 nitrogen and oxygen atoms in total. The third kappa shape index (κ3) is 3.85. The fourth-order valence-corrected chi connectivity index (χ4v) is 2.53. The van der Waals surface area contributed by atoms with Gasteiger partial charge in [-0.1, -0.05) is 13.0 Å². The predicted octanol–water partition coefficient (Wildman–Crippen LogP) is 3.30. The van der Waals surface area contributed by atoms with Gasteiger partial charge in [0.25, 0.3) is 0 Å². The molecule has 0 amide bonds. The maximum absolute atomic E-state index is 12.2. The third-order valence-electron chi connectivity index (χ3n) is 3.30. The summed E-state index contributed by atoms with van der Waals surface area (Å²) in [6, 6.07) is 4.03. The molecule has 2 atom stereocenters. The average Bonchev–Trinajstić information content (AvgIpc) is 2.30. The minimum atomic E-state index is -0.386. The van der Waals surface area contributed by atoms with Gasteiger partial charge in [-0.25, -0.2) is 0 Å². The molecular weight excluding hydrogens is 244 g/mol. The highest BCUT2D eigenvalue weighted by atomic mass is 32.2. The van der Waals surface area contributed by atoms with Crippen LogP contribution in [-0.4, -0.2) is 28.0 Å². The quantitative estimate of drug-likeness (QED) is 0.831. The van der Waals surface area contributed by atoms with Crippen molar-refractivity contribution in [3.63, 3.8) is 0 Å². The summed E-state index contributed by atoms with van der Waals surface area (Å²) >= 11 is 1.51. The highest BCUT2D eigenvalue weighted by Gasteiger charge is 2.15. The molecule has 0 aliphatic rings. The molecule has 0 saturated carbocycles. The van der Waals surface area contributed by atoms with Crippen molar-refractivity contribution in [3.8, 4) is 0 Å².